The average Bonchev–Trinajstić information content (AvgIpc) is 2.91. The Balaban J connectivity index is 1.81. The van der Waals surface area contributed by atoms with Crippen LogP contribution in [-0.2, 0) is 4.74 Å². The monoisotopic (exact) mass is 251 g/mol. The number of methoxy groups -OCH3 is 1. The largest absolute Gasteiger partial charge is 0.495 e. The van der Waals surface area contributed by atoms with Gasteiger partial charge in [0.15, 0.2) is 0 Å². The zero-order valence-electron chi connectivity index (χ0n) is 10.8. The number of rotatable bonds is 6. The predicted octanol–water partition coefficient (Wildman–Crippen LogP) is 2.47. The summed E-state index contributed by atoms with van der Waals surface area (Å²) < 4.78 is 10.8. The number of hydrogen-bond donors (Lipinski definition) is 1. The van der Waals surface area contributed by atoms with E-state index >= 15 is 0 Å². The van der Waals surface area contributed by atoms with Gasteiger partial charge in [0.05, 0.1) is 25.5 Å². The third-order valence-corrected chi connectivity index (χ3v) is 3.42. The van der Waals surface area contributed by atoms with Gasteiger partial charge < -0.3 is 14.6 Å². The fourth-order valence-electron chi connectivity index (χ4n) is 2.40. The van der Waals surface area contributed by atoms with E-state index in [1.54, 1.807) is 19.5 Å². The van der Waals surface area contributed by atoms with Crippen LogP contribution in [0, 0.1) is 0 Å². The van der Waals surface area contributed by atoms with Crippen molar-refractivity contribution in [3.8, 4) is 5.75 Å². The molecule has 4 heteroatoms. The smallest absolute Gasteiger partial charge is 0.142 e. The SMILES string of the molecule is COc1cnccc1C(O)CCCC1CCCO1. The lowest BCUT2D eigenvalue weighted by molar-refractivity contribution is 0.0941. The van der Waals surface area contributed by atoms with E-state index in [2.05, 4.69) is 4.98 Å². The lowest BCUT2D eigenvalue weighted by Crippen LogP contribution is -2.06. The van der Waals surface area contributed by atoms with E-state index in [0.29, 0.717) is 11.9 Å². The molecule has 1 fully saturated rings. The van der Waals surface area contributed by atoms with Crippen LogP contribution in [0.1, 0.15) is 43.8 Å². The van der Waals surface area contributed by atoms with E-state index in [1.807, 2.05) is 6.07 Å². The van der Waals surface area contributed by atoms with Gasteiger partial charge in [-0.25, -0.2) is 0 Å². The van der Waals surface area contributed by atoms with Gasteiger partial charge >= 0.3 is 0 Å². The summed E-state index contributed by atoms with van der Waals surface area (Å²) >= 11 is 0. The Morgan fingerprint density at radius 1 is 1.61 bits per heavy atom. The molecule has 0 amide bonds. The summed E-state index contributed by atoms with van der Waals surface area (Å²) in [6.07, 6.45) is 8.31. The fourth-order valence-corrected chi connectivity index (χ4v) is 2.40. The number of aliphatic hydroxyl groups excluding tert-OH is 1. The fraction of sp³-hybridized carbons (Fsp3) is 0.643. The highest BCUT2D eigenvalue weighted by Gasteiger charge is 2.17. The molecule has 2 rings (SSSR count). The van der Waals surface area contributed by atoms with Crippen LogP contribution in [0.2, 0.25) is 0 Å². The van der Waals surface area contributed by atoms with Crippen LogP contribution in [0.25, 0.3) is 0 Å². The van der Waals surface area contributed by atoms with Gasteiger partial charge in [-0.2, -0.15) is 0 Å². The van der Waals surface area contributed by atoms with Crippen molar-refractivity contribution in [3.63, 3.8) is 0 Å². The van der Waals surface area contributed by atoms with Gasteiger partial charge in [-0.3, -0.25) is 4.98 Å². The quantitative estimate of drug-likeness (QED) is 0.844. The van der Waals surface area contributed by atoms with Crippen LogP contribution in [-0.4, -0.2) is 29.9 Å². The lowest BCUT2D eigenvalue weighted by Gasteiger charge is -2.15. The number of pyridine rings is 1. The van der Waals surface area contributed by atoms with E-state index < -0.39 is 6.10 Å². The molecule has 0 spiro atoms. The number of aromatic nitrogens is 1. The van der Waals surface area contributed by atoms with Crippen molar-refractivity contribution in [2.75, 3.05) is 13.7 Å². The molecule has 18 heavy (non-hydrogen) atoms. The molecule has 0 bridgehead atoms. The van der Waals surface area contributed by atoms with E-state index in [9.17, 15) is 5.11 Å². The number of ether oxygens (including phenoxy) is 2. The third-order valence-electron chi connectivity index (χ3n) is 3.42. The Kier molecular flexibility index (Phi) is 4.96. The summed E-state index contributed by atoms with van der Waals surface area (Å²) in [5.74, 6) is 0.655. The van der Waals surface area contributed by atoms with E-state index in [4.69, 9.17) is 9.47 Å². The molecule has 1 aliphatic heterocycles. The molecule has 1 N–H and O–H groups in total. The van der Waals surface area contributed by atoms with Crippen molar-refractivity contribution in [1.82, 2.24) is 4.98 Å². The topological polar surface area (TPSA) is 51.6 Å². The van der Waals surface area contributed by atoms with Crippen LogP contribution in [0.3, 0.4) is 0 Å². The number of aliphatic hydroxyl groups is 1. The summed E-state index contributed by atoms with van der Waals surface area (Å²) in [6, 6.07) is 1.82. The molecule has 1 aliphatic rings. The van der Waals surface area contributed by atoms with Crippen molar-refractivity contribution < 1.29 is 14.6 Å². The van der Waals surface area contributed by atoms with Gasteiger partial charge in [0.1, 0.15) is 5.75 Å². The maximum absolute atomic E-state index is 10.2. The zero-order valence-corrected chi connectivity index (χ0v) is 10.8. The molecule has 2 unspecified atom stereocenters. The van der Waals surface area contributed by atoms with Crippen molar-refractivity contribution >= 4 is 0 Å². The summed E-state index contributed by atoms with van der Waals surface area (Å²) in [7, 11) is 1.60. The second-order valence-electron chi connectivity index (χ2n) is 4.70. The number of nitrogens with zero attached hydrogens (tertiary/aromatic N) is 1. The van der Waals surface area contributed by atoms with E-state index in [1.165, 1.54) is 6.42 Å². The summed E-state index contributed by atoms with van der Waals surface area (Å²) in [5.41, 5.74) is 0.819. The molecule has 2 heterocycles. The standard InChI is InChI=1S/C14H21NO3/c1-17-14-10-15-8-7-12(14)13(16)6-2-4-11-5-3-9-18-11/h7-8,10-11,13,16H,2-6,9H2,1H3. The Hall–Kier alpha value is -1.13. The molecule has 1 saturated heterocycles. The molecule has 0 aromatic carbocycles. The highest BCUT2D eigenvalue weighted by Crippen LogP contribution is 2.28. The maximum Gasteiger partial charge on any atom is 0.142 e. The first-order chi connectivity index (χ1) is 8.81. The van der Waals surface area contributed by atoms with Crippen LogP contribution in [0.4, 0.5) is 0 Å². The Morgan fingerprint density at radius 3 is 3.22 bits per heavy atom. The summed E-state index contributed by atoms with van der Waals surface area (Å²) in [5, 5.41) is 10.2. The van der Waals surface area contributed by atoms with Gasteiger partial charge in [0.25, 0.3) is 0 Å². The molecule has 1 aromatic rings. The van der Waals surface area contributed by atoms with E-state index in [0.717, 1.165) is 37.9 Å². The molecule has 2 atom stereocenters. The van der Waals surface area contributed by atoms with Crippen molar-refractivity contribution in [2.45, 2.75) is 44.3 Å². The first-order valence-corrected chi connectivity index (χ1v) is 6.59. The first-order valence-electron chi connectivity index (χ1n) is 6.59. The minimum Gasteiger partial charge on any atom is -0.495 e. The van der Waals surface area contributed by atoms with Crippen molar-refractivity contribution in [1.29, 1.82) is 0 Å². The van der Waals surface area contributed by atoms with Crippen LogP contribution in [0.5, 0.6) is 5.75 Å². The van der Waals surface area contributed by atoms with Crippen molar-refractivity contribution in [3.05, 3.63) is 24.0 Å². The zero-order chi connectivity index (χ0) is 12.8. The molecule has 0 aliphatic carbocycles. The van der Waals surface area contributed by atoms with Crippen LogP contribution >= 0.6 is 0 Å². The third kappa shape index (κ3) is 3.43. The summed E-state index contributed by atoms with van der Waals surface area (Å²) in [6.45, 7) is 0.894. The van der Waals surface area contributed by atoms with E-state index in [-0.39, 0.29) is 0 Å². The van der Waals surface area contributed by atoms with Crippen molar-refractivity contribution in [2.24, 2.45) is 0 Å². The summed E-state index contributed by atoms with van der Waals surface area (Å²) in [4.78, 5) is 3.99. The Labute approximate surface area is 108 Å². The van der Waals surface area contributed by atoms with Gasteiger partial charge in [-0.15, -0.1) is 0 Å². The average molecular weight is 251 g/mol. The maximum atomic E-state index is 10.2. The van der Waals surface area contributed by atoms with Gasteiger partial charge in [0, 0.05) is 18.4 Å². The lowest BCUT2D eigenvalue weighted by atomic mass is 10.0. The molecule has 1 aromatic heterocycles. The van der Waals surface area contributed by atoms with Crippen LogP contribution < -0.4 is 4.74 Å². The second kappa shape index (κ2) is 6.71. The van der Waals surface area contributed by atoms with Gasteiger partial charge in [0.2, 0.25) is 0 Å². The molecule has 4 nitrogen and oxygen atoms in total. The predicted molar refractivity (Wildman–Crippen MR) is 68.6 cm³/mol. The number of hydrogen-bond acceptors (Lipinski definition) is 4. The molecular formula is C14H21NO3. The first kappa shape index (κ1) is 13.3. The minimum atomic E-state index is -0.482. The molecule has 0 radical (unpaired) electrons. The second-order valence-corrected chi connectivity index (χ2v) is 4.70. The minimum absolute atomic E-state index is 0.400. The molecule has 100 valence electrons. The van der Waals surface area contributed by atoms with Gasteiger partial charge in [-0.05, 0) is 38.2 Å². The van der Waals surface area contributed by atoms with Crippen LogP contribution in [0.15, 0.2) is 18.5 Å². The van der Waals surface area contributed by atoms with Gasteiger partial charge in [-0.1, -0.05) is 0 Å². The molecular weight excluding hydrogens is 230 g/mol. The Morgan fingerprint density at radius 2 is 2.50 bits per heavy atom. The molecule has 0 saturated carbocycles. The normalized spacial score (nSPS) is 20.9. The Bertz CT molecular complexity index is 364. The highest BCUT2D eigenvalue weighted by atomic mass is 16.5. The highest BCUT2D eigenvalue weighted by molar-refractivity contribution is 5.31.